The molecule has 1 fully saturated rings. The molecule has 0 bridgehead atoms. The van der Waals surface area contributed by atoms with Crippen LogP contribution in [0.2, 0.25) is 5.02 Å². The molecule has 3 unspecified atom stereocenters. The van der Waals surface area contributed by atoms with Crippen LogP contribution < -0.4 is 10.2 Å². The van der Waals surface area contributed by atoms with E-state index in [1.807, 2.05) is 0 Å². The lowest BCUT2D eigenvalue weighted by Crippen LogP contribution is -2.36. The summed E-state index contributed by atoms with van der Waals surface area (Å²) < 4.78 is 5.66. The van der Waals surface area contributed by atoms with Crippen molar-refractivity contribution in [1.82, 2.24) is 5.32 Å². The molecule has 0 radical (unpaired) electrons. The lowest BCUT2D eigenvalue weighted by molar-refractivity contribution is 0.118. The largest absolute Gasteiger partial charge is 0.376 e. The molecule has 1 aliphatic rings. The average molecular weight is 311 g/mol. The van der Waals surface area contributed by atoms with E-state index in [4.69, 9.17) is 16.3 Å². The first kappa shape index (κ1) is 16.6. The number of anilines is 1. The Hall–Kier alpha value is -0.770. The van der Waals surface area contributed by atoms with E-state index < -0.39 is 0 Å². The molecule has 0 aliphatic carbocycles. The SMILES string of the molecule is CCCNC(C)c1ccc(N(C)C2CCOC2C)c(Cl)c1. The molecule has 0 saturated carbocycles. The molecule has 1 N–H and O–H groups in total. The predicted molar refractivity (Wildman–Crippen MR) is 90.4 cm³/mol. The van der Waals surface area contributed by atoms with Gasteiger partial charge in [-0.1, -0.05) is 24.6 Å². The highest BCUT2D eigenvalue weighted by Crippen LogP contribution is 2.32. The highest BCUT2D eigenvalue weighted by molar-refractivity contribution is 6.33. The number of hydrogen-bond acceptors (Lipinski definition) is 3. The first-order valence-electron chi connectivity index (χ1n) is 7.91. The summed E-state index contributed by atoms with van der Waals surface area (Å²) in [6.45, 7) is 8.35. The quantitative estimate of drug-likeness (QED) is 0.859. The summed E-state index contributed by atoms with van der Waals surface area (Å²) in [5, 5.41) is 4.31. The Morgan fingerprint density at radius 1 is 1.48 bits per heavy atom. The zero-order valence-electron chi connectivity index (χ0n) is 13.5. The Labute approximate surface area is 133 Å². The lowest BCUT2D eigenvalue weighted by atomic mass is 10.1. The van der Waals surface area contributed by atoms with Gasteiger partial charge in [0.1, 0.15) is 0 Å². The fourth-order valence-electron chi connectivity index (χ4n) is 2.96. The molecule has 1 saturated heterocycles. The molecule has 1 aromatic carbocycles. The molecule has 0 aromatic heterocycles. The highest BCUT2D eigenvalue weighted by atomic mass is 35.5. The summed E-state index contributed by atoms with van der Waals surface area (Å²) in [6, 6.07) is 7.12. The highest BCUT2D eigenvalue weighted by Gasteiger charge is 2.29. The van der Waals surface area contributed by atoms with E-state index in [1.165, 1.54) is 5.56 Å². The van der Waals surface area contributed by atoms with Crippen molar-refractivity contribution in [2.75, 3.05) is 25.1 Å². The van der Waals surface area contributed by atoms with Crippen LogP contribution in [0.1, 0.15) is 45.2 Å². The number of rotatable bonds is 6. The van der Waals surface area contributed by atoms with Crippen LogP contribution in [0.25, 0.3) is 0 Å². The standard InChI is InChI=1S/C17H27ClN2O/c1-5-9-19-12(2)14-6-7-17(15(18)11-14)20(4)16-8-10-21-13(16)3/h6-7,11-13,16,19H,5,8-10H2,1-4H3. The van der Waals surface area contributed by atoms with Crippen molar-refractivity contribution in [2.45, 2.75) is 51.8 Å². The number of likely N-dealkylation sites (N-methyl/N-ethyl adjacent to an activating group) is 1. The average Bonchev–Trinajstić information content (AvgIpc) is 2.90. The molecule has 1 aliphatic heterocycles. The van der Waals surface area contributed by atoms with Crippen molar-refractivity contribution in [3.63, 3.8) is 0 Å². The van der Waals surface area contributed by atoms with E-state index in [0.717, 1.165) is 36.7 Å². The maximum atomic E-state index is 6.52. The zero-order chi connectivity index (χ0) is 15.4. The number of nitrogens with zero attached hydrogens (tertiary/aromatic N) is 1. The number of halogens is 1. The fourth-order valence-corrected chi connectivity index (χ4v) is 3.29. The Morgan fingerprint density at radius 2 is 2.24 bits per heavy atom. The van der Waals surface area contributed by atoms with Crippen LogP contribution in [0.4, 0.5) is 5.69 Å². The smallest absolute Gasteiger partial charge is 0.0750 e. The van der Waals surface area contributed by atoms with E-state index in [9.17, 15) is 0 Å². The van der Waals surface area contributed by atoms with Gasteiger partial charge in [0.15, 0.2) is 0 Å². The molecule has 3 atom stereocenters. The Bertz CT molecular complexity index is 466. The molecular formula is C17H27ClN2O. The fraction of sp³-hybridized carbons (Fsp3) is 0.647. The second-order valence-corrected chi connectivity index (χ2v) is 6.34. The topological polar surface area (TPSA) is 24.5 Å². The molecule has 21 heavy (non-hydrogen) atoms. The summed E-state index contributed by atoms with van der Waals surface area (Å²) in [4.78, 5) is 2.26. The van der Waals surface area contributed by atoms with E-state index in [0.29, 0.717) is 12.1 Å². The molecule has 0 spiro atoms. The first-order chi connectivity index (χ1) is 10.0. The lowest BCUT2D eigenvalue weighted by Gasteiger charge is -2.30. The molecule has 2 rings (SSSR count). The van der Waals surface area contributed by atoms with Gasteiger partial charge in [0.2, 0.25) is 0 Å². The number of nitrogens with one attached hydrogen (secondary N) is 1. The summed E-state index contributed by atoms with van der Waals surface area (Å²) in [6.07, 6.45) is 2.46. The molecule has 118 valence electrons. The third-order valence-electron chi connectivity index (χ3n) is 4.39. The maximum Gasteiger partial charge on any atom is 0.0750 e. The van der Waals surface area contributed by atoms with Crippen LogP contribution in [0.15, 0.2) is 18.2 Å². The van der Waals surface area contributed by atoms with Gasteiger partial charge in [0, 0.05) is 19.7 Å². The van der Waals surface area contributed by atoms with Gasteiger partial charge in [0.05, 0.1) is 22.9 Å². The molecule has 4 heteroatoms. The second kappa shape index (κ2) is 7.48. The predicted octanol–water partition coefficient (Wildman–Crippen LogP) is 4.01. The van der Waals surface area contributed by atoms with Gasteiger partial charge in [0.25, 0.3) is 0 Å². The van der Waals surface area contributed by atoms with Gasteiger partial charge in [-0.15, -0.1) is 0 Å². The first-order valence-corrected chi connectivity index (χ1v) is 8.29. The number of ether oxygens (including phenoxy) is 1. The summed E-state index contributed by atoms with van der Waals surface area (Å²) in [7, 11) is 2.11. The van der Waals surface area contributed by atoms with Crippen molar-refractivity contribution < 1.29 is 4.74 Å². The third-order valence-corrected chi connectivity index (χ3v) is 4.69. The second-order valence-electron chi connectivity index (χ2n) is 5.93. The van der Waals surface area contributed by atoms with Crippen molar-refractivity contribution in [3.05, 3.63) is 28.8 Å². The summed E-state index contributed by atoms with van der Waals surface area (Å²) >= 11 is 6.52. The minimum Gasteiger partial charge on any atom is -0.376 e. The molecule has 1 aromatic rings. The minimum atomic E-state index is 0.260. The van der Waals surface area contributed by atoms with Gasteiger partial charge in [-0.3, -0.25) is 0 Å². The van der Waals surface area contributed by atoms with Crippen LogP contribution in [0.3, 0.4) is 0 Å². The maximum absolute atomic E-state index is 6.52. The Kier molecular flexibility index (Phi) is 5.91. The normalized spacial score (nSPS) is 23.3. The third kappa shape index (κ3) is 3.91. The van der Waals surface area contributed by atoms with Crippen LogP contribution in [-0.4, -0.2) is 32.3 Å². The molecular weight excluding hydrogens is 284 g/mol. The zero-order valence-corrected chi connectivity index (χ0v) is 14.3. The van der Waals surface area contributed by atoms with Crippen molar-refractivity contribution in [1.29, 1.82) is 0 Å². The van der Waals surface area contributed by atoms with Crippen LogP contribution >= 0.6 is 11.6 Å². The van der Waals surface area contributed by atoms with Gasteiger partial charge < -0.3 is 15.0 Å². The number of hydrogen-bond donors (Lipinski definition) is 1. The molecule has 0 amide bonds. The van der Waals surface area contributed by atoms with E-state index in [-0.39, 0.29) is 6.10 Å². The van der Waals surface area contributed by atoms with E-state index in [2.05, 4.69) is 56.2 Å². The van der Waals surface area contributed by atoms with Gasteiger partial charge >= 0.3 is 0 Å². The van der Waals surface area contributed by atoms with Crippen molar-refractivity contribution >= 4 is 17.3 Å². The Balaban J connectivity index is 2.11. The van der Waals surface area contributed by atoms with E-state index >= 15 is 0 Å². The monoisotopic (exact) mass is 310 g/mol. The van der Waals surface area contributed by atoms with Crippen molar-refractivity contribution in [3.8, 4) is 0 Å². The van der Waals surface area contributed by atoms with Crippen molar-refractivity contribution in [2.24, 2.45) is 0 Å². The van der Waals surface area contributed by atoms with Gasteiger partial charge in [-0.05, 0) is 50.9 Å². The Morgan fingerprint density at radius 3 is 2.81 bits per heavy atom. The van der Waals surface area contributed by atoms with Crippen LogP contribution in [0.5, 0.6) is 0 Å². The van der Waals surface area contributed by atoms with Gasteiger partial charge in [-0.25, -0.2) is 0 Å². The molecule has 3 nitrogen and oxygen atoms in total. The minimum absolute atomic E-state index is 0.260. The van der Waals surface area contributed by atoms with Gasteiger partial charge in [-0.2, -0.15) is 0 Å². The summed E-state index contributed by atoms with van der Waals surface area (Å²) in [5.74, 6) is 0. The number of benzene rings is 1. The summed E-state index contributed by atoms with van der Waals surface area (Å²) in [5.41, 5.74) is 2.33. The van der Waals surface area contributed by atoms with Crippen LogP contribution in [0, 0.1) is 0 Å². The van der Waals surface area contributed by atoms with E-state index in [1.54, 1.807) is 0 Å². The van der Waals surface area contributed by atoms with Crippen LogP contribution in [-0.2, 0) is 4.74 Å². The molecule has 1 heterocycles.